The summed E-state index contributed by atoms with van der Waals surface area (Å²) in [5.74, 6) is 0.182. The average Bonchev–Trinajstić information content (AvgIpc) is 2.76. The van der Waals surface area contributed by atoms with Crippen molar-refractivity contribution in [1.82, 2.24) is 9.80 Å². The van der Waals surface area contributed by atoms with E-state index in [9.17, 15) is 4.79 Å². The second-order valence-corrected chi connectivity index (χ2v) is 6.36. The molecule has 4 heteroatoms. The van der Waals surface area contributed by atoms with Crippen molar-refractivity contribution in [2.75, 3.05) is 26.2 Å². The van der Waals surface area contributed by atoms with Crippen LogP contribution in [0, 0.1) is 0 Å². The molecule has 3 nitrogen and oxygen atoms in total. The van der Waals surface area contributed by atoms with Crippen LogP contribution in [0.15, 0.2) is 28.7 Å². The van der Waals surface area contributed by atoms with Gasteiger partial charge in [0.25, 0.3) is 5.91 Å². The van der Waals surface area contributed by atoms with Crippen LogP contribution in [-0.2, 0) is 0 Å². The maximum Gasteiger partial charge on any atom is 0.253 e. The minimum absolute atomic E-state index is 0.182. The molecule has 0 unspecified atom stereocenters. The molecular formula is C15H19BrN2O. The van der Waals surface area contributed by atoms with Crippen LogP contribution in [0.5, 0.6) is 0 Å². The Morgan fingerprint density at radius 3 is 2.63 bits per heavy atom. The largest absolute Gasteiger partial charge is 0.337 e. The van der Waals surface area contributed by atoms with Gasteiger partial charge in [0.15, 0.2) is 0 Å². The first-order chi connectivity index (χ1) is 9.24. The number of hydrogen-bond acceptors (Lipinski definition) is 2. The smallest absolute Gasteiger partial charge is 0.253 e. The monoisotopic (exact) mass is 322 g/mol. The van der Waals surface area contributed by atoms with Crippen molar-refractivity contribution in [3.8, 4) is 0 Å². The fourth-order valence-corrected chi connectivity index (χ4v) is 3.43. The Labute approximate surface area is 122 Å². The molecule has 2 saturated heterocycles. The van der Waals surface area contributed by atoms with Gasteiger partial charge >= 0.3 is 0 Å². The topological polar surface area (TPSA) is 23.6 Å². The summed E-state index contributed by atoms with van der Waals surface area (Å²) in [5.41, 5.74) is 0.801. The van der Waals surface area contributed by atoms with Gasteiger partial charge in [-0.25, -0.2) is 0 Å². The van der Waals surface area contributed by atoms with E-state index < -0.39 is 0 Å². The Kier molecular flexibility index (Phi) is 3.89. The number of nitrogens with zero attached hydrogens (tertiary/aromatic N) is 2. The van der Waals surface area contributed by atoms with Gasteiger partial charge in [-0.15, -0.1) is 0 Å². The van der Waals surface area contributed by atoms with Gasteiger partial charge in [0, 0.05) is 35.7 Å². The lowest BCUT2D eigenvalue weighted by Gasteiger charge is -2.25. The summed E-state index contributed by atoms with van der Waals surface area (Å²) in [6.07, 6.45) is 3.62. The zero-order valence-electron chi connectivity index (χ0n) is 11.0. The van der Waals surface area contributed by atoms with E-state index in [1.165, 1.54) is 19.4 Å². The maximum atomic E-state index is 12.5. The molecule has 3 rings (SSSR count). The second-order valence-electron chi connectivity index (χ2n) is 5.44. The third-order valence-corrected chi connectivity index (χ3v) is 4.71. The first-order valence-corrected chi connectivity index (χ1v) is 7.82. The van der Waals surface area contributed by atoms with Crippen molar-refractivity contribution in [3.63, 3.8) is 0 Å². The van der Waals surface area contributed by atoms with Gasteiger partial charge in [-0.2, -0.15) is 0 Å². The summed E-state index contributed by atoms with van der Waals surface area (Å²) in [4.78, 5) is 17.1. The maximum absolute atomic E-state index is 12.5. The molecule has 102 valence electrons. The van der Waals surface area contributed by atoms with Gasteiger partial charge in [-0.05, 0) is 50.1 Å². The number of benzene rings is 1. The molecule has 1 atom stereocenters. The molecule has 2 aliphatic rings. The average molecular weight is 323 g/mol. The zero-order chi connectivity index (χ0) is 13.2. The highest BCUT2D eigenvalue weighted by molar-refractivity contribution is 9.10. The third-order valence-electron chi connectivity index (χ3n) is 4.18. The highest BCUT2D eigenvalue weighted by Crippen LogP contribution is 2.22. The Bertz CT molecular complexity index is 460. The lowest BCUT2D eigenvalue weighted by atomic mass is 10.1. The van der Waals surface area contributed by atoms with Gasteiger partial charge in [-0.1, -0.05) is 15.9 Å². The quantitative estimate of drug-likeness (QED) is 0.793. The van der Waals surface area contributed by atoms with Gasteiger partial charge in [0.05, 0.1) is 0 Å². The molecule has 0 N–H and O–H groups in total. The Morgan fingerprint density at radius 2 is 1.84 bits per heavy atom. The number of hydrogen-bond donors (Lipinski definition) is 0. The van der Waals surface area contributed by atoms with E-state index in [4.69, 9.17) is 0 Å². The molecule has 19 heavy (non-hydrogen) atoms. The van der Waals surface area contributed by atoms with Crippen LogP contribution in [0.25, 0.3) is 0 Å². The molecular weight excluding hydrogens is 304 g/mol. The highest BCUT2D eigenvalue weighted by atomic mass is 79.9. The van der Waals surface area contributed by atoms with Crippen LogP contribution >= 0.6 is 15.9 Å². The van der Waals surface area contributed by atoms with Crippen molar-refractivity contribution in [2.24, 2.45) is 0 Å². The molecule has 2 fully saturated rings. The molecule has 0 aliphatic carbocycles. The van der Waals surface area contributed by atoms with E-state index in [-0.39, 0.29) is 5.91 Å². The van der Waals surface area contributed by atoms with Crippen molar-refractivity contribution in [2.45, 2.75) is 25.3 Å². The molecule has 1 amide bonds. The third kappa shape index (κ3) is 2.84. The zero-order valence-corrected chi connectivity index (χ0v) is 12.6. The summed E-state index contributed by atoms with van der Waals surface area (Å²) in [5, 5.41) is 0. The molecule has 2 aliphatic heterocycles. The molecule has 0 spiro atoms. The van der Waals surface area contributed by atoms with E-state index in [2.05, 4.69) is 20.8 Å². The predicted molar refractivity (Wildman–Crippen MR) is 79.3 cm³/mol. The summed E-state index contributed by atoms with van der Waals surface area (Å²) in [7, 11) is 0. The van der Waals surface area contributed by atoms with Crippen LogP contribution in [0.1, 0.15) is 29.6 Å². The van der Waals surface area contributed by atoms with Crippen molar-refractivity contribution in [1.29, 1.82) is 0 Å². The van der Waals surface area contributed by atoms with Gasteiger partial charge in [0.2, 0.25) is 0 Å². The summed E-state index contributed by atoms with van der Waals surface area (Å²) >= 11 is 3.41. The summed E-state index contributed by atoms with van der Waals surface area (Å²) in [6.45, 7) is 4.15. The summed E-state index contributed by atoms with van der Waals surface area (Å²) < 4.78 is 1.02. The van der Waals surface area contributed by atoms with Crippen LogP contribution in [0.3, 0.4) is 0 Å². The lowest BCUT2D eigenvalue weighted by Crippen LogP contribution is -2.39. The van der Waals surface area contributed by atoms with Gasteiger partial charge in [0.1, 0.15) is 0 Å². The number of fused-ring (bicyclic) bond motifs is 1. The normalized spacial score (nSPS) is 24.1. The fourth-order valence-electron chi connectivity index (χ4n) is 3.17. The second kappa shape index (κ2) is 5.63. The number of halogens is 1. The van der Waals surface area contributed by atoms with E-state index in [1.807, 2.05) is 29.2 Å². The highest BCUT2D eigenvalue weighted by Gasteiger charge is 2.30. The molecule has 1 aromatic carbocycles. The molecule has 0 aromatic heterocycles. The molecule has 0 saturated carbocycles. The van der Waals surface area contributed by atoms with Crippen LogP contribution in [0.2, 0.25) is 0 Å². The number of amides is 1. The van der Waals surface area contributed by atoms with Crippen LogP contribution in [0.4, 0.5) is 0 Å². The van der Waals surface area contributed by atoms with Crippen molar-refractivity contribution < 1.29 is 4.79 Å². The molecule has 2 heterocycles. The first-order valence-electron chi connectivity index (χ1n) is 7.03. The van der Waals surface area contributed by atoms with E-state index in [1.54, 1.807) is 0 Å². The number of carbonyl (C=O) groups excluding carboxylic acids is 1. The van der Waals surface area contributed by atoms with Crippen LogP contribution in [-0.4, -0.2) is 47.9 Å². The van der Waals surface area contributed by atoms with E-state index in [0.29, 0.717) is 6.04 Å². The molecule has 1 aromatic rings. The summed E-state index contributed by atoms with van der Waals surface area (Å²) in [6, 6.07) is 8.27. The number of rotatable bonds is 1. The first kappa shape index (κ1) is 13.1. The van der Waals surface area contributed by atoms with Crippen molar-refractivity contribution >= 4 is 21.8 Å². The SMILES string of the molecule is O=C(c1ccc(Br)cc1)N1CCCN2CCC[C@@H]2C1. The fraction of sp³-hybridized carbons (Fsp3) is 0.533. The Balaban J connectivity index is 1.73. The van der Waals surface area contributed by atoms with Gasteiger partial charge in [-0.3, -0.25) is 9.69 Å². The van der Waals surface area contributed by atoms with E-state index in [0.717, 1.165) is 36.1 Å². The predicted octanol–water partition coefficient (Wildman–Crippen LogP) is 2.76. The Hall–Kier alpha value is -0.870. The Morgan fingerprint density at radius 1 is 1.11 bits per heavy atom. The van der Waals surface area contributed by atoms with E-state index >= 15 is 0 Å². The molecule has 0 bridgehead atoms. The number of carbonyl (C=O) groups is 1. The van der Waals surface area contributed by atoms with Crippen LogP contribution < -0.4 is 0 Å². The van der Waals surface area contributed by atoms with Gasteiger partial charge < -0.3 is 4.90 Å². The van der Waals surface area contributed by atoms with Crippen molar-refractivity contribution in [3.05, 3.63) is 34.3 Å². The lowest BCUT2D eigenvalue weighted by molar-refractivity contribution is 0.0743. The standard InChI is InChI=1S/C15H19BrN2O/c16-13-6-4-12(5-7-13)15(19)18-10-2-9-17-8-1-3-14(17)11-18/h4-7,14H,1-3,8-11H2/t14-/m1/s1. The molecule has 0 radical (unpaired) electrons. The minimum atomic E-state index is 0.182. The minimum Gasteiger partial charge on any atom is -0.337 e.